The highest BCUT2D eigenvalue weighted by molar-refractivity contribution is 7.98. The molecule has 0 nitrogen and oxygen atoms in total. The molecule has 0 saturated carbocycles. The first kappa shape index (κ1) is 5.21. The summed E-state index contributed by atoms with van der Waals surface area (Å²) in [6.07, 6.45) is 1.37. The lowest BCUT2D eigenvalue weighted by atomic mass is 11.7. The van der Waals surface area contributed by atoms with Crippen LogP contribution < -0.4 is 0 Å². The molecule has 0 atom stereocenters. The highest BCUT2D eigenvalue weighted by atomic mass is 32.2. The van der Waals surface area contributed by atoms with Crippen molar-refractivity contribution < 1.29 is 8.78 Å². The summed E-state index contributed by atoms with van der Waals surface area (Å²) in [4.78, 5) is 0. The summed E-state index contributed by atoms with van der Waals surface area (Å²) < 4.78 is 21.5. The number of hydrogen-bond acceptors (Lipinski definition) is 1. The largest absolute Gasteiger partial charge is 0.284 e. The van der Waals surface area contributed by atoms with Gasteiger partial charge in [-0.05, 0) is 6.26 Å². The Balaban J connectivity index is 2.54. The van der Waals surface area contributed by atoms with Gasteiger partial charge in [-0.25, -0.2) is 0 Å². The number of alkyl halides is 2. The Bertz CT molecular complexity index is 21.6. The van der Waals surface area contributed by atoms with Gasteiger partial charge in [0.05, 0.1) is 0 Å². The average Bonchev–Trinajstić information content (AvgIpc) is 1.38. The molecule has 0 fully saturated rings. The average molecular weight is 98.1 g/mol. The SMILES string of the molecule is CSC(F)F. The second kappa shape index (κ2) is 2.45. The van der Waals surface area contributed by atoms with Crippen molar-refractivity contribution in [3.63, 3.8) is 0 Å². The Morgan fingerprint density at radius 2 is 1.80 bits per heavy atom. The van der Waals surface area contributed by atoms with Gasteiger partial charge in [-0.3, -0.25) is 0 Å². The Morgan fingerprint density at radius 3 is 1.80 bits per heavy atom. The molecule has 0 N–H and O–H groups in total. The molecule has 0 aliphatic heterocycles. The van der Waals surface area contributed by atoms with E-state index in [0.717, 1.165) is 0 Å². The van der Waals surface area contributed by atoms with E-state index in [1.54, 1.807) is 0 Å². The van der Waals surface area contributed by atoms with E-state index in [1.807, 2.05) is 0 Å². The first-order valence-electron chi connectivity index (χ1n) is 1.08. The molecule has 0 aromatic rings. The molecule has 0 spiro atoms. The Labute approximate surface area is 33.6 Å². The molecule has 0 unspecified atom stereocenters. The van der Waals surface area contributed by atoms with Gasteiger partial charge >= 0.3 is 0 Å². The fourth-order valence-electron chi connectivity index (χ4n) is 0. The summed E-state index contributed by atoms with van der Waals surface area (Å²) in [7, 11) is 0. The molecule has 0 heterocycles. The van der Waals surface area contributed by atoms with Crippen molar-refractivity contribution in [2.75, 3.05) is 6.26 Å². The topological polar surface area (TPSA) is 0 Å². The van der Waals surface area contributed by atoms with Gasteiger partial charge in [0, 0.05) is 0 Å². The fraction of sp³-hybridized carbons (Fsp3) is 1.00. The molecule has 0 amide bonds. The van der Waals surface area contributed by atoms with Crippen LogP contribution in [0.4, 0.5) is 8.78 Å². The molecule has 0 radical (unpaired) electrons. The zero-order valence-corrected chi connectivity index (χ0v) is 3.56. The van der Waals surface area contributed by atoms with Crippen LogP contribution in [0.5, 0.6) is 0 Å². The van der Waals surface area contributed by atoms with E-state index >= 15 is 0 Å². The zero-order valence-electron chi connectivity index (χ0n) is 2.74. The molecule has 0 rings (SSSR count). The van der Waals surface area contributed by atoms with Gasteiger partial charge < -0.3 is 0 Å². The molecule has 0 aromatic carbocycles. The van der Waals surface area contributed by atoms with Crippen molar-refractivity contribution in [3.8, 4) is 0 Å². The van der Waals surface area contributed by atoms with Crippen molar-refractivity contribution in [3.05, 3.63) is 0 Å². The van der Waals surface area contributed by atoms with Crippen LogP contribution in [-0.2, 0) is 0 Å². The molecular formula is C2H4F2S. The van der Waals surface area contributed by atoms with Crippen LogP contribution in [0.1, 0.15) is 0 Å². The third-order valence-corrected chi connectivity index (χ3v) is 0.535. The number of rotatable bonds is 1. The van der Waals surface area contributed by atoms with Gasteiger partial charge in [0.2, 0.25) is 0 Å². The lowest BCUT2D eigenvalue weighted by Crippen LogP contribution is -1.72. The van der Waals surface area contributed by atoms with E-state index in [2.05, 4.69) is 0 Å². The van der Waals surface area contributed by atoms with Crippen LogP contribution in [0.15, 0.2) is 0 Å². The smallest absolute Gasteiger partial charge is 0.198 e. The Hall–Kier alpha value is 0.210. The van der Waals surface area contributed by atoms with Crippen molar-refractivity contribution in [2.24, 2.45) is 0 Å². The highest BCUT2D eigenvalue weighted by Crippen LogP contribution is 2.06. The molecule has 0 bridgehead atoms. The van der Waals surface area contributed by atoms with Gasteiger partial charge in [0.1, 0.15) is 0 Å². The van der Waals surface area contributed by atoms with E-state index in [4.69, 9.17) is 0 Å². The summed E-state index contributed by atoms with van der Waals surface area (Å²) >= 11 is 0.546. The van der Waals surface area contributed by atoms with E-state index in [9.17, 15) is 8.78 Å². The van der Waals surface area contributed by atoms with Crippen LogP contribution in [0.3, 0.4) is 0 Å². The molecule has 0 aromatic heterocycles. The highest BCUT2D eigenvalue weighted by Gasteiger charge is 1.91. The quantitative estimate of drug-likeness (QED) is 0.479. The van der Waals surface area contributed by atoms with Gasteiger partial charge in [-0.1, -0.05) is 11.8 Å². The van der Waals surface area contributed by atoms with E-state index in [-0.39, 0.29) is 0 Å². The summed E-state index contributed by atoms with van der Waals surface area (Å²) in [5, 5.41) is 0. The first-order valence-corrected chi connectivity index (χ1v) is 2.37. The predicted molar refractivity (Wildman–Crippen MR) is 19.5 cm³/mol. The molecule has 0 saturated heterocycles. The maximum absolute atomic E-state index is 10.7. The lowest BCUT2D eigenvalue weighted by Gasteiger charge is -1.81. The monoisotopic (exact) mass is 98.0 g/mol. The van der Waals surface area contributed by atoms with Crippen molar-refractivity contribution in [2.45, 2.75) is 5.76 Å². The minimum absolute atomic E-state index is 0.546. The van der Waals surface area contributed by atoms with Crippen LogP contribution >= 0.6 is 11.8 Å². The lowest BCUT2D eigenvalue weighted by molar-refractivity contribution is 0.252. The fourth-order valence-corrected chi connectivity index (χ4v) is 0. The summed E-state index contributed by atoms with van der Waals surface area (Å²) in [5.74, 6) is -2.20. The molecule has 32 valence electrons. The van der Waals surface area contributed by atoms with Gasteiger partial charge in [0.25, 0.3) is 5.76 Å². The van der Waals surface area contributed by atoms with E-state index in [0.29, 0.717) is 11.8 Å². The first-order chi connectivity index (χ1) is 2.27. The van der Waals surface area contributed by atoms with Gasteiger partial charge in [-0.2, -0.15) is 8.78 Å². The summed E-state index contributed by atoms with van der Waals surface area (Å²) in [6.45, 7) is 0. The van der Waals surface area contributed by atoms with Crippen LogP contribution in [0, 0.1) is 0 Å². The Kier molecular flexibility index (Phi) is 2.55. The van der Waals surface area contributed by atoms with E-state index < -0.39 is 5.76 Å². The predicted octanol–water partition coefficient (Wildman–Crippen LogP) is 1.57. The molecule has 0 aliphatic carbocycles. The minimum Gasteiger partial charge on any atom is -0.198 e. The molecule has 3 heteroatoms. The van der Waals surface area contributed by atoms with Crippen molar-refractivity contribution >= 4 is 11.8 Å². The molecule has 5 heavy (non-hydrogen) atoms. The third-order valence-electron chi connectivity index (χ3n) is 0.178. The zero-order chi connectivity index (χ0) is 4.28. The van der Waals surface area contributed by atoms with E-state index in [1.165, 1.54) is 6.26 Å². The van der Waals surface area contributed by atoms with Crippen LogP contribution in [0.2, 0.25) is 0 Å². The molecule has 0 aliphatic rings. The second-order valence-corrected chi connectivity index (χ2v) is 1.32. The van der Waals surface area contributed by atoms with Crippen molar-refractivity contribution in [1.29, 1.82) is 0 Å². The standard InChI is InChI=1S/C2H4F2S/c1-5-2(3)4/h2H,1H3. The summed E-state index contributed by atoms with van der Waals surface area (Å²) in [5.41, 5.74) is 0. The Morgan fingerprint density at radius 1 is 1.60 bits per heavy atom. The normalized spacial score (nSPS) is 9.60. The minimum atomic E-state index is -2.20. The number of hydrogen-bond donors (Lipinski definition) is 0. The van der Waals surface area contributed by atoms with Gasteiger partial charge in [0.15, 0.2) is 0 Å². The summed E-state index contributed by atoms with van der Waals surface area (Å²) in [6, 6.07) is 0. The number of halogens is 2. The van der Waals surface area contributed by atoms with Crippen LogP contribution in [-0.4, -0.2) is 12.0 Å². The van der Waals surface area contributed by atoms with Crippen LogP contribution in [0.25, 0.3) is 0 Å². The second-order valence-electron chi connectivity index (χ2n) is 0.496. The maximum Gasteiger partial charge on any atom is 0.284 e. The molecular weight excluding hydrogens is 94.1 g/mol. The van der Waals surface area contributed by atoms with Gasteiger partial charge in [-0.15, -0.1) is 0 Å². The maximum atomic E-state index is 10.7. The van der Waals surface area contributed by atoms with Crippen molar-refractivity contribution in [1.82, 2.24) is 0 Å². The third kappa shape index (κ3) is 4.21. The number of thioether (sulfide) groups is 1.